The number of aromatic nitrogens is 1. The summed E-state index contributed by atoms with van der Waals surface area (Å²) in [6.45, 7) is 1.34. The summed E-state index contributed by atoms with van der Waals surface area (Å²) in [4.78, 5) is 17.1. The van der Waals surface area contributed by atoms with Gasteiger partial charge in [-0.2, -0.15) is 0 Å². The summed E-state index contributed by atoms with van der Waals surface area (Å²) < 4.78 is 5.63. The lowest BCUT2D eigenvalue weighted by atomic mass is 10.1. The third-order valence-corrected chi connectivity index (χ3v) is 2.75. The maximum absolute atomic E-state index is 10.9. The molecule has 5 nitrogen and oxygen atoms in total. The van der Waals surface area contributed by atoms with Gasteiger partial charge in [0.15, 0.2) is 0 Å². The molecule has 0 saturated heterocycles. The fraction of sp³-hybridized carbons (Fsp3) is 0.286. The van der Waals surface area contributed by atoms with E-state index in [9.17, 15) is 4.79 Å². The molecule has 19 heavy (non-hydrogen) atoms. The van der Waals surface area contributed by atoms with Crippen molar-refractivity contribution < 1.29 is 14.6 Å². The monoisotopic (exact) mass is 260 g/mol. The molecule has 0 spiro atoms. The lowest BCUT2D eigenvalue weighted by Gasteiger charge is -2.11. The Morgan fingerprint density at radius 1 is 1.37 bits per heavy atom. The van der Waals surface area contributed by atoms with Crippen molar-refractivity contribution >= 4 is 16.7 Å². The normalized spacial score (nSPS) is 10.9. The smallest absolute Gasteiger partial charge is 0.335 e. The molecule has 1 aromatic carbocycles. The Kier molecular flexibility index (Phi) is 3.97. The molecule has 0 fully saturated rings. The first-order chi connectivity index (χ1) is 9.08. The molecule has 1 aromatic heterocycles. The molecule has 0 bridgehead atoms. The number of rotatable bonds is 5. The average Bonchev–Trinajstić information content (AvgIpc) is 2.37. The highest BCUT2D eigenvalue weighted by Gasteiger charge is 2.07. The first-order valence-electron chi connectivity index (χ1n) is 5.97. The van der Waals surface area contributed by atoms with Gasteiger partial charge in [-0.3, -0.25) is 0 Å². The van der Waals surface area contributed by atoms with Crippen LogP contribution >= 0.6 is 0 Å². The highest BCUT2D eigenvalue weighted by molar-refractivity contribution is 5.95. The van der Waals surface area contributed by atoms with E-state index in [2.05, 4.69) is 4.98 Å². The molecular formula is C14H16N2O3. The standard InChI is InChI=1S/C14H16N2O3/c1-16(2)7-8-19-13-12-4-3-11(14(17)18)9-10(12)5-6-15-13/h3-6,9H,7-8H2,1-2H3,(H,17,18). The molecule has 0 atom stereocenters. The van der Waals surface area contributed by atoms with Crippen LogP contribution in [0.2, 0.25) is 0 Å². The SMILES string of the molecule is CN(C)CCOc1nccc2cc(C(=O)O)ccc12. The molecular weight excluding hydrogens is 244 g/mol. The number of pyridine rings is 1. The second-order valence-corrected chi connectivity index (χ2v) is 4.51. The van der Waals surface area contributed by atoms with Crippen LogP contribution in [0.4, 0.5) is 0 Å². The Balaban J connectivity index is 2.27. The fourth-order valence-corrected chi connectivity index (χ4v) is 1.72. The van der Waals surface area contributed by atoms with Gasteiger partial charge in [0.1, 0.15) is 6.61 Å². The molecule has 5 heteroatoms. The van der Waals surface area contributed by atoms with Crippen molar-refractivity contribution in [2.45, 2.75) is 0 Å². The number of aromatic carboxylic acids is 1. The summed E-state index contributed by atoms with van der Waals surface area (Å²) in [5.74, 6) is -0.398. The first kappa shape index (κ1) is 13.3. The van der Waals surface area contributed by atoms with E-state index in [1.807, 2.05) is 19.0 Å². The minimum Gasteiger partial charge on any atom is -0.478 e. The summed E-state index contributed by atoms with van der Waals surface area (Å²) in [5.41, 5.74) is 0.262. The van der Waals surface area contributed by atoms with Gasteiger partial charge in [0.25, 0.3) is 0 Å². The van der Waals surface area contributed by atoms with E-state index in [1.54, 1.807) is 30.5 Å². The van der Waals surface area contributed by atoms with E-state index in [1.165, 1.54) is 0 Å². The topological polar surface area (TPSA) is 62.7 Å². The average molecular weight is 260 g/mol. The molecule has 0 saturated carbocycles. The van der Waals surface area contributed by atoms with Crippen LogP contribution in [0.3, 0.4) is 0 Å². The second kappa shape index (κ2) is 5.67. The minimum atomic E-state index is -0.936. The molecule has 1 N–H and O–H groups in total. The number of likely N-dealkylation sites (N-methyl/N-ethyl adjacent to an activating group) is 1. The quantitative estimate of drug-likeness (QED) is 0.889. The van der Waals surface area contributed by atoms with E-state index in [0.717, 1.165) is 17.3 Å². The molecule has 0 aliphatic heterocycles. The van der Waals surface area contributed by atoms with Gasteiger partial charge in [0.2, 0.25) is 5.88 Å². The van der Waals surface area contributed by atoms with E-state index in [-0.39, 0.29) is 5.56 Å². The van der Waals surface area contributed by atoms with Crippen LogP contribution < -0.4 is 4.74 Å². The Labute approximate surface area is 111 Å². The zero-order valence-electron chi connectivity index (χ0n) is 11.0. The van der Waals surface area contributed by atoms with Gasteiger partial charge in [0.05, 0.1) is 5.56 Å². The Morgan fingerprint density at radius 3 is 2.84 bits per heavy atom. The van der Waals surface area contributed by atoms with Crippen LogP contribution in [-0.4, -0.2) is 48.2 Å². The van der Waals surface area contributed by atoms with E-state index < -0.39 is 5.97 Å². The van der Waals surface area contributed by atoms with Crippen molar-refractivity contribution in [3.8, 4) is 5.88 Å². The second-order valence-electron chi connectivity index (χ2n) is 4.51. The number of benzene rings is 1. The van der Waals surface area contributed by atoms with E-state index in [0.29, 0.717) is 12.5 Å². The van der Waals surface area contributed by atoms with Crippen LogP contribution in [0.1, 0.15) is 10.4 Å². The fourth-order valence-electron chi connectivity index (χ4n) is 1.72. The van der Waals surface area contributed by atoms with Crippen molar-refractivity contribution in [2.75, 3.05) is 27.2 Å². The number of fused-ring (bicyclic) bond motifs is 1. The number of nitrogens with zero attached hydrogens (tertiary/aromatic N) is 2. The zero-order valence-corrected chi connectivity index (χ0v) is 11.0. The Bertz CT molecular complexity index is 596. The zero-order chi connectivity index (χ0) is 13.8. The lowest BCUT2D eigenvalue weighted by molar-refractivity contribution is 0.0697. The van der Waals surface area contributed by atoms with E-state index >= 15 is 0 Å². The van der Waals surface area contributed by atoms with Crippen molar-refractivity contribution in [1.82, 2.24) is 9.88 Å². The number of carbonyl (C=O) groups is 1. The summed E-state index contributed by atoms with van der Waals surface area (Å²) in [5, 5.41) is 10.6. The number of hydrogen-bond donors (Lipinski definition) is 1. The summed E-state index contributed by atoms with van der Waals surface area (Å²) in [6.07, 6.45) is 1.62. The molecule has 100 valence electrons. The third-order valence-electron chi connectivity index (χ3n) is 2.75. The minimum absolute atomic E-state index is 0.262. The van der Waals surface area contributed by atoms with Crippen LogP contribution in [-0.2, 0) is 0 Å². The van der Waals surface area contributed by atoms with Crippen molar-refractivity contribution in [3.63, 3.8) is 0 Å². The van der Waals surface area contributed by atoms with Crippen LogP contribution in [0.15, 0.2) is 30.5 Å². The maximum atomic E-state index is 10.9. The Morgan fingerprint density at radius 2 is 2.16 bits per heavy atom. The molecule has 1 heterocycles. The first-order valence-corrected chi connectivity index (χ1v) is 5.97. The molecule has 0 amide bonds. The third kappa shape index (κ3) is 3.20. The Hall–Kier alpha value is -2.14. The van der Waals surface area contributed by atoms with Crippen LogP contribution in [0, 0.1) is 0 Å². The van der Waals surface area contributed by atoms with Gasteiger partial charge in [0, 0.05) is 18.1 Å². The molecule has 0 aliphatic rings. The van der Waals surface area contributed by atoms with Crippen molar-refractivity contribution in [2.24, 2.45) is 0 Å². The van der Waals surface area contributed by atoms with Crippen molar-refractivity contribution in [1.29, 1.82) is 0 Å². The summed E-state index contributed by atoms with van der Waals surface area (Å²) in [7, 11) is 3.94. The van der Waals surface area contributed by atoms with Crippen molar-refractivity contribution in [3.05, 3.63) is 36.0 Å². The van der Waals surface area contributed by atoms with Gasteiger partial charge in [-0.05, 0) is 43.7 Å². The highest BCUT2D eigenvalue weighted by atomic mass is 16.5. The van der Waals surface area contributed by atoms with Gasteiger partial charge in [-0.15, -0.1) is 0 Å². The van der Waals surface area contributed by atoms with E-state index in [4.69, 9.17) is 9.84 Å². The number of hydrogen-bond acceptors (Lipinski definition) is 4. The number of carboxylic acids is 1. The molecule has 2 rings (SSSR count). The molecule has 2 aromatic rings. The van der Waals surface area contributed by atoms with Crippen LogP contribution in [0.25, 0.3) is 10.8 Å². The van der Waals surface area contributed by atoms with Gasteiger partial charge < -0.3 is 14.7 Å². The number of ether oxygens (including phenoxy) is 1. The number of carboxylic acid groups (broad SMARTS) is 1. The van der Waals surface area contributed by atoms with Gasteiger partial charge in [-0.1, -0.05) is 0 Å². The largest absolute Gasteiger partial charge is 0.478 e. The summed E-state index contributed by atoms with van der Waals surface area (Å²) in [6, 6.07) is 6.70. The summed E-state index contributed by atoms with van der Waals surface area (Å²) >= 11 is 0. The van der Waals surface area contributed by atoms with Crippen LogP contribution in [0.5, 0.6) is 5.88 Å². The maximum Gasteiger partial charge on any atom is 0.335 e. The van der Waals surface area contributed by atoms with Gasteiger partial charge >= 0.3 is 5.97 Å². The lowest BCUT2D eigenvalue weighted by Crippen LogP contribution is -2.19. The van der Waals surface area contributed by atoms with Gasteiger partial charge in [-0.25, -0.2) is 9.78 Å². The predicted octanol–water partition coefficient (Wildman–Crippen LogP) is 1.87. The predicted molar refractivity (Wildman–Crippen MR) is 72.8 cm³/mol. The molecule has 0 unspecified atom stereocenters. The molecule has 0 aliphatic carbocycles. The highest BCUT2D eigenvalue weighted by Crippen LogP contribution is 2.24. The molecule has 0 radical (unpaired) electrons.